The predicted molar refractivity (Wildman–Crippen MR) is 85.7 cm³/mol. The average Bonchev–Trinajstić information content (AvgIpc) is 3.36. The van der Waals surface area contributed by atoms with Gasteiger partial charge in [-0.15, -0.1) is 0 Å². The summed E-state index contributed by atoms with van der Waals surface area (Å²) < 4.78 is 13.7. The Morgan fingerprint density at radius 2 is 1.78 bits per heavy atom. The Kier molecular flexibility index (Phi) is 4.10. The average molecular weight is 312 g/mol. The lowest BCUT2D eigenvalue weighted by atomic mass is 10.1. The number of amides is 2. The summed E-state index contributed by atoms with van der Waals surface area (Å²) in [5.74, 6) is -0.815. The normalized spacial score (nSPS) is 19.0. The van der Waals surface area contributed by atoms with Crippen LogP contribution in [0.4, 0.5) is 10.1 Å². The molecule has 2 atom stereocenters. The summed E-state index contributed by atoms with van der Waals surface area (Å²) in [5, 5.41) is 5.35. The number of carbonyl (C=O) groups is 2. The molecular weight excluding hydrogens is 295 g/mol. The monoisotopic (exact) mass is 312 g/mol. The fourth-order valence-electron chi connectivity index (χ4n) is 2.69. The number of anilines is 1. The molecule has 2 aromatic carbocycles. The maximum atomic E-state index is 13.7. The van der Waals surface area contributed by atoms with Gasteiger partial charge in [-0.3, -0.25) is 9.59 Å². The van der Waals surface area contributed by atoms with Gasteiger partial charge in [0, 0.05) is 24.2 Å². The third-order valence-corrected chi connectivity index (χ3v) is 4.07. The van der Waals surface area contributed by atoms with Crippen LogP contribution in [0, 0.1) is 11.7 Å². The molecule has 0 aromatic heterocycles. The van der Waals surface area contributed by atoms with E-state index in [1.807, 2.05) is 0 Å². The van der Waals surface area contributed by atoms with Crippen molar-refractivity contribution < 1.29 is 14.0 Å². The molecule has 23 heavy (non-hydrogen) atoms. The van der Waals surface area contributed by atoms with Gasteiger partial charge in [-0.1, -0.05) is 18.2 Å². The maximum absolute atomic E-state index is 13.7. The number of carbonyl (C=O) groups excluding carboxylic acids is 2. The molecule has 1 aliphatic rings. The van der Waals surface area contributed by atoms with E-state index in [1.165, 1.54) is 6.07 Å². The Hall–Kier alpha value is -2.69. The van der Waals surface area contributed by atoms with Crippen molar-refractivity contribution >= 4 is 17.5 Å². The second-order valence-corrected chi connectivity index (χ2v) is 5.62. The lowest BCUT2D eigenvalue weighted by molar-refractivity contribution is -0.117. The molecule has 0 aliphatic heterocycles. The van der Waals surface area contributed by atoms with Crippen molar-refractivity contribution in [1.82, 2.24) is 5.32 Å². The first-order valence-electron chi connectivity index (χ1n) is 7.47. The van der Waals surface area contributed by atoms with Crippen LogP contribution in [0.25, 0.3) is 0 Å². The van der Waals surface area contributed by atoms with E-state index in [4.69, 9.17) is 0 Å². The van der Waals surface area contributed by atoms with Crippen LogP contribution in [0.2, 0.25) is 0 Å². The van der Waals surface area contributed by atoms with Gasteiger partial charge in [-0.05, 0) is 48.2 Å². The van der Waals surface area contributed by atoms with E-state index in [1.54, 1.807) is 49.5 Å². The lowest BCUT2D eigenvalue weighted by Crippen LogP contribution is -2.18. The smallest absolute Gasteiger partial charge is 0.251 e. The van der Waals surface area contributed by atoms with E-state index in [0.717, 1.165) is 0 Å². The summed E-state index contributed by atoms with van der Waals surface area (Å²) in [6.45, 7) is 0. The van der Waals surface area contributed by atoms with Crippen molar-refractivity contribution in [3.8, 4) is 0 Å². The number of rotatable bonds is 4. The number of hydrogen-bond donors (Lipinski definition) is 2. The van der Waals surface area contributed by atoms with Crippen LogP contribution >= 0.6 is 0 Å². The fourth-order valence-corrected chi connectivity index (χ4v) is 2.69. The first kappa shape index (κ1) is 15.2. The van der Waals surface area contributed by atoms with Crippen molar-refractivity contribution in [2.75, 3.05) is 12.4 Å². The summed E-state index contributed by atoms with van der Waals surface area (Å²) >= 11 is 0. The topological polar surface area (TPSA) is 58.2 Å². The van der Waals surface area contributed by atoms with E-state index >= 15 is 0 Å². The second kappa shape index (κ2) is 6.20. The molecule has 0 bridgehead atoms. The molecule has 3 rings (SSSR count). The Balaban J connectivity index is 1.63. The summed E-state index contributed by atoms with van der Waals surface area (Å²) in [6.07, 6.45) is 0.656. The molecule has 1 fully saturated rings. The van der Waals surface area contributed by atoms with E-state index in [2.05, 4.69) is 10.6 Å². The highest BCUT2D eigenvalue weighted by Crippen LogP contribution is 2.48. The third kappa shape index (κ3) is 3.23. The molecule has 2 N–H and O–H groups in total. The molecule has 0 heterocycles. The number of benzene rings is 2. The zero-order chi connectivity index (χ0) is 16.4. The van der Waals surface area contributed by atoms with Gasteiger partial charge < -0.3 is 10.6 Å². The van der Waals surface area contributed by atoms with E-state index < -0.39 is 0 Å². The van der Waals surface area contributed by atoms with Gasteiger partial charge in [0.1, 0.15) is 5.82 Å². The van der Waals surface area contributed by atoms with Crippen LogP contribution in [0.15, 0.2) is 48.5 Å². The molecular formula is C18H17FN2O2. The molecule has 0 saturated heterocycles. The largest absolute Gasteiger partial charge is 0.355 e. The molecule has 0 radical (unpaired) electrons. The Bertz CT molecular complexity index is 743. The van der Waals surface area contributed by atoms with Gasteiger partial charge in [-0.25, -0.2) is 4.39 Å². The standard InChI is InChI=1S/C18H17FN2O2/c1-20-17(22)11-6-8-12(9-7-11)21-18(23)15-10-14(15)13-4-2-3-5-16(13)19/h2-9,14-15H,10H2,1H3,(H,20,22)(H,21,23). The van der Waals surface area contributed by atoms with Gasteiger partial charge in [0.05, 0.1) is 0 Å². The minimum atomic E-state index is -0.261. The van der Waals surface area contributed by atoms with Crippen molar-refractivity contribution in [3.05, 3.63) is 65.5 Å². The van der Waals surface area contributed by atoms with Gasteiger partial charge in [-0.2, -0.15) is 0 Å². The second-order valence-electron chi connectivity index (χ2n) is 5.62. The minimum Gasteiger partial charge on any atom is -0.355 e. The van der Waals surface area contributed by atoms with E-state index in [-0.39, 0.29) is 29.5 Å². The molecule has 118 valence electrons. The quantitative estimate of drug-likeness (QED) is 0.912. The van der Waals surface area contributed by atoms with Crippen LogP contribution in [0.1, 0.15) is 28.3 Å². The molecule has 1 saturated carbocycles. The predicted octanol–water partition coefficient (Wildman–Crippen LogP) is 2.93. The molecule has 0 spiro atoms. The Morgan fingerprint density at radius 1 is 1.09 bits per heavy atom. The molecule has 1 aliphatic carbocycles. The molecule has 2 unspecified atom stereocenters. The molecule has 2 amide bonds. The van der Waals surface area contributed by atoms with Gasteiger partial charge >= 0.3 is 0 Å². The van der Waals surface area contributed by atoms with Crippen LogP contribution in [-0.2, 0) is 4.79 Å². The zero-order valence-electron chi connectivity index (χ0n) is 12.7. The fraction of sp³-hybridized carbons (Fsp3) is 0.222. The summed E-state index contributed by atoms with van der Waals surface area (Å²) in [6, 6.07) is 13.2. The molecule has 2 aromatic rings. The van der Waals surface area contributed by atoms with Crippen LogP contribution in [0.5, 0.6) is 0 Å². The number of halogens is 1. The van der Waals surface area contributed by atoms with Gasteiger partial charge in [0.15, 0.2) is 0 Å². The summed E-state index contributed by atoms with van der Waals surface area (Å²) in [7, 11) is 1.56. The summed E-state index contributed by atoms with van der Waals surface area (Å²) in [4.78, 5) is 23.7. The SMILES string of the molecule is CNC(=O)c1ccc(NC(=O)C2CC2c2ccccc2F)cc1. The molecule has 4 nitrogen and oxygen atoms in total. The maximum Gasteiger partial charge on any atom is 0.251 e. The Morgan fingerprint density at radius 3 is 2.43 bits per heavy atom. The van der Waals surface area contributed by atoms with Crippen molar-refractivity contribution in [2.45, 2.75) is 12.3 Å². The zero-order valence-corrected chi connectivity index (χ0v) is 12.7. The van der Waals surface area contributed by atoms with Crippen molar-refractivity contribution in [3.63, 3.8) is 0 Å². The lowest BCUT2D eigenvalue weighted by Gasteiger charge is -2.06. The highest BCUT2D eigenvalue weighted by atomic mass is 19.1. The van der Waals surface area contributed by atoms with Crippen LogP contribution < -0.4 is 10.6 Å². The number of hydrogen-bond acceptors (Lipinski definition) is 2. The third-order valence-electron chi connectivity index (χ3n) is 4.07. The van der Waals surface area contributed by atoms with Crippen molar-refractivity contribution in [1.29, 1.82) is 0 Å². The number of nitrogens with one attached hydrogen (secondary N) is 2. The van der Waals surface area contributed by atoms with Crippen molar-refractivity contribution in [2.24, 2.45) is 5.92 Å². The van der Waals surface area contributed by atoms with E-state index in [9.17, 15) is 14.0 Å². The van der Waals surface area contributed by atoms with Gasteiger partial charge in [0.25, 0.3) is 5.91 Å². The van der Waals surface area contributed by atoms with Crippen LogP contribution in [0.3, 0.4) is 0 Å². The van der Waals surface area contributed by atoms with E-state index in [0.29, 0.717) is 23.2 Å². The highest BCUT2D eigenvalue weighted by molar-refractivity contribution is 5.97. The highest BCUT2D eigenvalue weighted by Gasteiger charge is 2.45. The molecule has 5 heteroatoms. The summed E-state index contributed by atoms with van der Waals surface area (Å²) in [5.41, 5.74) is 1.76. The Labute approximate surface area is 133 Å². The van der Waals surface area contributed by atoms with Gasteiger partial charge in [0.2, 0.25) is 5.91 Å². The first-order chi connectivity index (χ1) is 11.1. The first-order valence-corrected chi connectivity index (χ1v) is 7.47. The minimum absolute atomic E-state index is 0.0543. The van der Waals surface area contributed by atoms with Crippen LogP contribution in [-0.4, -0.2) is 18.9 Å².